The van der Waals surface area contributed by atoms with Crippen LogP contribution in [0.4, 0.5) is 24.8 Å². The van der Waals surface area contributed by atoms with Crippen molar-refractivity contribution >= 4 is 22.7 Å². The second-order valence-corrected chi connectivity index (χ2v) is 6.43. The Hall–Kier alpha value is -3.21. The van der Waals surface area contributed by atoms with Gasteiger partial charge in [0.25, 0.3) is 0 Å². The van der Waals surface area contributed by atoms with Crippen LogP contribution in [0.3, 0.4) is 0 Å². The van der Waals surface area contributed by atoms with E-state index < -0.39 is 11.7 Å². The molecule has 0 spiro atoms. The van der Waals surface area contributed by atoms with Gasteiger partial charge >= 0.3 is 6.18 Å². The third kappa shape index (κ3) is 3.40. The lowest BCUT2D eigenvalue weighted by molar-refractivity contribution is -0.137. The van der Waals surface area contributed by atoms with Crippen molar-refractivity contribution in [3.05, 3.63) is 53.6 Å². The van der Waals surface area contributed by atoms with Crippen molar-refractivity contribution in [2.75, 3.05) is 36.0 Å². The lowest BCUT2D eigenvalue weighted by Gasteiger charge is -2.36. The predicted octanol–water partition coefficient (Wildman–Crippen LogP) is 3.78. The quantitative estimate of drug-likeness (QED) is 0.745. The van der Waals surface area contributed by atoms with Gasteiger partial charge < -0.3 is 14.8 Å². The molecule has 1 aliphatic rings. The molecule has 1 aromatic heterocycles. The van der Waals surface area contributed by atoms with Gasteiger partial charge in [0.05, 0.1) is 28.2 Å². The van der Waals surface area contributed by atoms with E-state index in [4.69, 9.17) is 5.26 Å². The Labute approximate surface area is 153 Å². The summed E-state index contributed by atoms with van der Waals surface area (Å²) in [5.41, 5.74) is 2.08. The number of hydrogen-bond donors (Lipinski definition) is 1. The van der Waals surface area contributed by atoms with E-state index in [1.165, 1.54) is 12.1 Å². The summed E-state index contributed by atoms with van der Waals surface area (Å²) in [6.07, 6.45) is -4.34. The SMILES string of the molecule is N#Cc1ccc2nc(N3CCN(c4cccc(C(F)(F)F)c4)CC3)[nH]c2c1. The van der Waals surface area contributed by atoms with Crippen molar-refractivity contribution in [3.63, 3.8) is 0 Å². The number of H-pyrrole nitrogens is 1. The number of anilines is 2. The number of nitrogens with zero attached hydrogens (tertiary/aromatic N) is 4. The van der Waals surface area contributed by atoms with E-state index in [1.807, 2.05) is 4.90 Å². The monoisotopic (exact) mass is 371 g/mol. The third-order valence-corrected chi connectivity index (χ3v) is 4.72. The van der Waals surface area contributed by atoms with Crippen LogP contribution in [0.1, 0.15) is 11.1 Å². The molecule has 8 heteroatoms. The van der Waals surface area contributed by atoms with Crippen LogP contribution in [-0.4, -0.2) is 36.1 Å². The number of halogens is 3. The van der Waals surface area contributed by atoms with Gasteiger partial charge in [-0.05, 0) is 36.4 Å². The van der Waals surface area contributed by atoms with Crippen LogP contribution in [-0.2, 0) is 6.18 Å². The fourth-order valence-corrected chi connectivity index (χ4v) is 3.27. The van der Waals surface area contributed by atoms with Gasteiger partial charge in [0.15, 0.2) is 0 Å². The van der Waals surface area contributed by atoms with E-state index in [2.05, 4.69) is 20.9 Å². The van der Waals surface area contributed by atoms with Gasteiger partial charge in [0.1, 0.15) is 0 Å². The molecular weight excluding hydrogens is 355 g/mol. The lowest BCUT2D eigenvalue weighted by atomic mass is 10.1. The van der Waals surface area contributed by atoms with Crippen molar-refractivity contribution in [2.45, 2.75) is 6.18 Å². The van der Waals surface area contributed by atoms with Gasteiger partial charge in [-0.15, -0.1) is 0 Å². The summed E-state index contributed by atoms with van der Waals surface area (Å²) in [5, 5.41) is 8.99. The van der Waals surface area contributed by atoms with E-state index in [0.717, 1.165) is 17.1 Å². The maximum absolute atomic E-state index is 12.9. The molecule has 4 rings (SSSR count). The zero-order valence-corrected chi connectivity index (χ0v) is 14.3. The van der Waals surface area contributed by atoms with Crippen LogP contribution in [0.5, 0.6) is 0 Å². The van der Waals surface area contributed by atoms with Crippen molar-refractivity contribution in [1.82, 2.24) is 9.97 Å². The van der Waals surface area contributed by atoms with Gasteiger partial charge in [-0.3, -0.25) is 0 Å². The van der Waals surface area contributed by atoms with Crippen molar-refractivity contribution < 1.29 is 13.2 Å². The maximum Gasteiger partial charge on any atom is 0.416 e. The van der Waals surface area contributed by atoms with Gasteiger partial charge in [-0.2, -0.15) is 18.4 Å². The van der Waals surface area contributed by atoms with E-state index in [1.54, 1.807) is 24.3 Å². The molecule has 0 bridgehead atoms. The summed E-state index contributed by atoms with van der Waals surface area (Å²) < 4.78 is 38.7. The van der Waals surface area contributed by atoms with Crippen molar-refractivity contribution in [3.8, 4) is 6.07 Å². The van der Waals surface area contributed by atoms with Crippen molar-refractivity contribution in [1.29, 1.82) is 5.26 Å². The van der Waals surface area contributed by atoms with Crippen LogP contribution >= 0.6 is 0 Å². The highest BCUT2D eigenvalue weighted by molar-refractivity contribution is 5.79. The molecule has 1 aliphatic heterocycles. The topological polar surface area (TPSA) is 59.0 Å². The lowest BCUT2D eigenvalue weighted by Crippen LogP contribution is -2.47. The number of fused-ring (bicyclic) bond motifs is 1. The number of aromatic nitrogens is 2. The zero-order chi connectivity index (χ0) is 19.0. The first-order valence-electron chi connectivity index (χ1n) is 8.51. The molecule has 3 aromatic rings. The Morgan fingerprint density at radius 2 is 1.74 bits per heavy atom. The summed E-state index contributed by atoms with van der Waals surface area (Å²) >= 11 is 0. The second kappa shape index (κ2) is 6.50. The molecule has 0 unspecified atom stereocenters. The van der Waals surface area contributed by atoms with E-state index >= 15 is 0 Å². The Balaban J connectivity index is 1.49. The molecule has 1 saturated heterocycles. The zero-order valence-electron chi connectivity index (χ0n) is 14.3. The minimum atomic E-state index is -4.34. The highest BCUT2D eigenvalue weighted by Crippen LogP contribution is 2.32. The first kappa shape index (κ1) is 17.2. The third-order valence-electron chi connectivity index (χ3n) is 4.72. The van der Waals surface area contributed by atoms with Crippen molar-refractivity contribution in [2.24, 2.45) is 0 Å². The Kier molecular flexibility index (Phi) is 4.15. The Morgan fingerprint density at radius 3 is 2.44 bits per heavy atom. The van der Waals surface area contributed by atoms with Crippen LogP contribution < -0.4 is 9.80 Å². The molecule has 0 radical (unpaired) electrons. The Bertz CT molecular complexity index is 1010. The highest BCUT2D eigenvalue weighted by atomic mass is 19.4. The average molecular weight is 371 g/mol. The average Bonchev–Trinajstić information content (AvgIpc) is 3.10. The molecule has 2 heterocycles. The highest BCUT2D eigenvalue weighted by Gasteiger charge is 2.31. The van der Waals surface area contributed by atoms with E-state index in [0.29, 0.717) is 43.4 Å². The molecule has 0 aliphatic carbocycles. The summed E-state index contributed by atoms with van der Waals surface area (Å²) in [4.78, 5) is 11.8. The van der Waals surface area contributed by atoms with Crippen LogP contribution in [0.25, 0.3) is 11.0 Å². The van der Waals surface area contributed by atoms with E-state index in [9.17, 15) is 13.2 Å². The number of imidazole rings is 1. The number of nitrogens with one attached hydrogen (secondary N) is 1. The fourth-order valence-electron chi connectivity index (χ4n) is 3.27. The van der Waals surface area contributed by atoms with Gasteiger partial charge in [-0.1, -0.05) is 6.07 Å². The maximum atomic E-state index is 12.9. The predicted molar refractivity (Wildman–Crippen MR) is 96.7 cm³/mol. The Morgan fingerprint density at radius 1 is 1.00 bits per heavy atom. The minimum absolute atomic E-state index is 0.562. The van der Waals surface area contributed by atoms with E-state index in [-0.39, 0.29) is 0 Å². The molecule has 0 amide bonds. The van der Waals surface area contributed by atoms with Crippen LogP contribution in [0, 0.1) is 11.3 Å². The summed E-state index contributed by atoms with van der Waals surface area (Å²) in [7, 11) is 0. The molecule has 27 heavy (non-hydrogen) atoms. The minimum Gasteiger partial charge on any atom is -0.368 e. The number of piperazine rings is 1. The molecule has 1 N–H and O–H groups in total. The number of nitriles is 1. The molecule has 2 aromatic carbocycles. The molecule has 1 fully saturated rings. The van der Waals surface area contributed by atoms with Crippen LogP contribution in [0.2, 0.25) is 0 Å². The van der Waals surface area contributed by atoms with Gasteiger partial charge in [0.2, 0.25) is 5.95 Å². The number of aromatic amines is 1. The van der Waals surface area contributed by atoms with Crippen LogP contribution in [0.15, 0.2) is 42.5 Å². The number of benzene rings is 2. The number of hydrogen-bond acceptors (Lipinski definition) is 4. The normalized spacial score (nSPS) is 15.2. The van der Waals surface area contributed by atoms with Gasteiger partial charge in [-0.25, -0.2) is 4.98 Å². The second-order valence-electron chi connectivity index (χ2n) is 6.43. The molecule has 138 valence electrons. The summed E-state index contributed by atoms with van der Waals surface area (Å²) in [6, 6.07) is 12.8. The molecule has 0 atom stereocenters. The van der Waals surface area contributed by atoms with Gasteiger partial charge in [0, 0.05) is 31.9 Å². The first-order chi connectivity index (χ1) is 12.9. The summed E-state index contributed by atoms with van der Waals surface area (Å²) in [6.45, 7) is 2.48. The molecule has 0 saturated carbocycles. The number of rotatable bonds is 2. The number of alkyl halides is 3. The summed E-state index contributed by atoms with van der Waals surface area (Å²) in [5.74, 6) is 0.712. The fraction of sp³-hybridized carbons (Fsp3) is 0.263. The largest absolute Gasteiger partial charge is 0.416 e. The molecule has 5 nitrogen and oxygen atoms in total. The standard InChI is InChI=1S/C19H16F3N5/c20-19(21,22)14-2-1-3-15(11-14)26-6-8-27(9-7-26)18-24-16-5-4-13(12-23)10-17(16)25-18/h1-5,10-11H,6-9H2,(H,24,25). The smallest absolute Gasteiger partial charge is 0.368 e. The molecular formula is C19H16F3N5. The first-order valence-corrected chi connectivity index (χ1v) is 8.51.